The second kappa shape index (κ2) is 5.80. The van der Waals surface area contributed by atoms with Gasteiger partial charge in [-0.05, 0) is 13.0 Å². The predicted molar refractivity (Wildman–Crippen MR) is 62.5 cm³/mol. The summed E-state index contributed by atoms with van der Waals surface area (Å²) in [5, 5.41) is 7.15. The minimum absolute atomic E-state index is 0.357. The van der Waals surface area contributed by atoms with E-state index in [-0.39, 0.29) is 5.01 Å². The number of aromatic nitrogens is 2. The first-order valence-corrected chi connectivity index (χ1v) is 6.33. The third-order valence-electron chi connectivity index (χ3n) is 2.49. The van der Waals surface area contributed by atoms with Crippen LogP contribution in [0.3, 0.4) is 0 Å². The van der Waals surface area contributed by atoms with Gasteiger partial charge in [0, 0.05) is 6.42 Å². The van der Waals surface area contributed by atoms with Gasteiger partial charge in [0.05, 0.1) is 5.56 Å². The molecule has 0 amide bonds. The van der Waals surface area contributed by atoms with Crippen LogP contribution in [0.2, 0.25) is 0 Å². The lowest BCUT2D eigenvalue weighted by Gasteiger charge is -2.04. The van der Waals surface area contributed by atoms with Crippen LogP contribution in [0.4, 0.5) is 22.0 Å². The number of aryl methyl sites for hydroxylation is 1. The van der Waals surface area contributed by atoms with Crippen LogP contribution in [0, 0.1) is 29.1 Å². The van der Waals surface area contributed by atoms with Gasteiger partial charge < -0.3 is 5.73 Å². The Balaban J connectivity index is 2.50. The molecule has 2 aromatic rings. The third-order valence-corrected chi connectivity index (χ3v) is 3.49. The predicted octanol–water partition coefficient (Wildman–Crippen LogP) is 2.79. The summed E-state index contributed by atoms with van der Waals surface area (Å²) in [6, 6.07) is 0. The van der Waals surface area contributed by atoms with Crippen molar-refractivity contribution in [2.45, 2.75) is 12.8 Å². The van der Waals surface area contributed by atoms with Gasteiger partial charge in [0.2, 0.25) is 5.82 Å². The molecule has 0 atom stereocenters. The van der Waals surface area contributed by atoms with Crippen LogP contribution in [-0.4, -0.2) is 16.7 Å². The van der Waals surface area contributed by atoms with E-state index < -0.39 is 34.6 Å². The van der Waals surface area contributed by atoms with E-state index in [1.54, 1.807) is 0 Å². The molecular weight excluding hydrogens is 301 g/mol. The zero-order chi connectivity index (χ0) is 14.9. The number of hydrogen-bond donors (Lipinski definition) is 1. The summed E-state index contributed by atoms with van der Waals surface area (Å²) < 4.78 is 66.2. The Morgan fingerprint density at radius 1 is 0.850 bits per heavy atom. The van der Waals surface area contributed by atoms with E-state index in [1.807, 2.05) is 0 Å². The Kier molecular flexibility index (Phi) is 4.29. The van der Waals surface area contributed by atoms with Crippen molar-refractivity contribution in [3.8, 4) is 10.6 Å². The van der Waals surface area contributed by atoms with Crippen LogP contribution in [0.5, 0.6) is 0 Å². The topological polar surface area (TPSA) is 51.8 Å². The van der Waals surface area contributed by atoms with E-state index in [4.69, 9.17) is 5.73 Å². The van der Waals surface area contributed by atoms with E-state index in [0.717, 1.165) is 11.3 Å². The van der Waals surface area contributed by atoms with E-state index in [2.05, 4.69) is 10.2 Å². The molecule has 1 heterocycles. The molecule has 0 bridgehead atoms. The summed E-state index contributed by atoms with van der Waals surface area (Å²) in [4.78, 5) is 0. The van der Waals surface area contributed by atoms with Crippen LogP contribution >= 0.6 is 11.3 Å². The molecular formula is C11H8F5N3S. The first-order chi connectivity index (χ1) is 9.47. The first-order valence-electron chi connectivity index (χ1n) is 5.51. The van der Waals surface area contributed by atoms with E-state index in [9.17, 15) is 22.0 Å². The average Bonchev–Trinajstić information content (AvgIpc) is 2.89. The maximum Gasteiger partial charge on any atom is 0.200 e. The molecule has 0 unspecified atom stereocenters. The summed E-state index contributed by atoms with van der Waals surface area (Å²) in [6.07, 6.45) is 0.995. The van der Waals surface area contributed by atoms with Gasteiger partial charge in [-0.1, -0.05) is 11.3 Å². The number of rotatable bonds is 4. The van der Waals surface area contributed by atoms with E-state index >= 15 is 0 Å². The van der Waals surface area contributed by atoms with Crippen molar-refractivity contribution in [3.05, 3.63) is 34.1 Å². The van der Waals surface area contributed by atoms with Crippen molar-refractivity contribution in [1.29, 1.82) is 0 Å². The molecule has 0 saturated heterocycles. The zero-order valence-electron chi connectivity index (χ0n) is 9.89. The fourth-order valence-corrected chi connectivity index (χ4v) is 2.42. The molecule has 0 aliphatic carbocycles. The molecule has 0 saturated carbocycles. The Morgan fingerprint density at radius 3 is 1.95 bits per heavy atom. The zero-order valence-corrected chi connectivity index (χ0v) is 10.7. The van der Waals surface area contributed by atoms with E-state index in [0.29, 0.717) is 24.4 Å². The SMILES string of the molecule is NCCCc1nnc(-c2c(F)c(F)c(F)c(F)c2F)s1. The number of nitrogens with two attached hydrogens (primary N) is 1. The summed E-state index contributed by atoms with van der Waals surface area (Å²) in [5.74, 6) is -10.0. The maximum atomic E-state index is 13.5. The number of halogens is 5. The summed E-state index contributed by atoms with van der Waals surface area (Å²) in [6.45, 7) is 0.386. The van der Waals surface area contributed by atoms with Gasteiger partial charge in [0.1, 0.15) is 5.01 Å². The van der Waals surface area contributed by atoms with Crippen LogP contribution in [0.15, 0.2) is 0 Å². The van der Waals surface area contributed by atoms with Crippen molar-refractivity contribution in [2.24, 2.45) is 5.73 Å². The number of nitrogens with zero attached hydrogens (tertiary/aromatic N) is 2. The van der Waals surface area contributed by atoms with Crippen LogP contribution in [0.25, 0.3) is 10.6 Å². The Hall–Kier alpha value is -1.61. The van der Waals surface area contributed by atoms with E-state index in [1.165, 1.54) is 0 Å². The highest BCUT2D eigenvalue weighted by atomic mass is 32.1. The van der Waals surface area contributed by atoms with Gasteiger partial charge >= 0.3 is 0 Å². The highest BCUT2D eigenvalue weighted by Gasteiger charge is 2.28. The van der Waals surface area contributed by atoms with Gasteiger partial charge in [-0.15, -0.1) is 10.2 Å². The van der Waals surface area contributed by atoms with Gasteiger partial charge in [-0.25, -0.2) is 22.0 Å². The number of benzene rings is 1. The molecule has 9 heteroatoms. The quantitative estimate of drug-likeness (QED) is 0.537. The molecule has 1 aromatic heterocycles. The van der Waals surface area contributed by atoms with Crippen molar-refractivity contribution in [3.63, 3.8) is 0 Å². The Labute approximate surface area is 114 Å². The lowest BCUT2D eigenvalue weighted by Crippen LogP contribution is -2.03. The fourth-order valence-electron chi connectivity index (χ4n) is 1.50. The average molecular weight is 309 g/mol. The Morgan fingerprint density at radius 2 is 1.40 bits per heavy atom. The largest absolute Gasteiger partial charge is 0.330 e. The van der Waals surface area contributed by atoms with Gasteiger partial charge in [0.15, 0.2) is 28.3 Å². The van der Waals surface area contributed by atoms with Crippen molar-refractivity contribution >= 4 is 11.3 Å². The minimum atomic E-state index is -2.20. The molecule has 2 rings (SSSR count). The molecule has 108 valence electrons. The lowest BCUT2D eigenvalue weighted by atomic mass is 10.2. The van der Waals surface area contributed by atoms with Crippen molar-refractivity contribution in [2.75, 3.05) is 6.54 Å². The maximum absolute atomic E-state index is 13.5. The van der Waals surface area contributed by atoms with Crippen LogP contribution in [-0.2, 0) is 6.42 Å². The molecule has 0 radical (unpaired) electrons. The first kappa shape index (κ1) is 14.8. The molecule has 0 fully saturated rings. The molecule has 20 heavy (non-hydrogen) atoms. The fraction of sp³-hybridized carbons (Fsp3) is 0.273. The monoisotopic (exact) mass is 309 g/mol. The molecule has 2 N–H and O–H groups in total. The second-order valence-electron chi connectivity index (χ2n) is 3.84. The lowest BCUT2D eigenvalue weighted by molar-refractivity contribution is 0.381. The normalized spacial score (nSPS) is 11.1. The standard InChI is InChI=1S/C11H8F5N3S/c12-6-5(7(13)9(15)10(16)8(6)14)11-19-18-4(20-11)2-1-3-17/h1-3,17H2. The second-order valence-corrected chi connectivity index (χ2v) is 4.90. The summed E-state index contributed by atoms with van der Waals surface area (Å²) in [7, 11) is 0. The molecule has 0 aliphatic rings. The highest BCUT2D eigenvalue weighted by molar-refractivity contribution is 7.14. The third kappa shape index (κ3) is 2.50. The van der Waals surface area contributed by atoms with Gasteiger partial charge in [0.25, 0.3) is 0 Å². The molecule has 0 spiro atoms. The smallest absolute Gasteiger partial charge is 0.200 e. The summed E-state index contributed by atoms with van der Waals surface area (Å²) in [5.41, 5.74) is 4.24. The van der Waals surface area contributed by atoms with Gasteiger partial charge in [-0.3, -0.25) is 0 Å². The number of hydrogen-bond acceptors (Lipinski definition) is 4. The molecule has 0 aliphatic heterocycles. The molecule has 3 nitrogen and oxygen atoms in total. The minimum Gasteiger partial charge on any atom is -0.330 e. The van der Waals surface area contributed by atoms with Gasteiger partial charge in [-0.2, -0.15) is 0 Å². The Bertz CT molecular complexity index is 614. The summed E-state index contributed by atoms with van der Waals surface area (Å²) >= 11 is 0.764. The van der Waals surface area contributed by atoms with Crippen molar-refractivity contribution in [1.82, 2.24) is 10.2 Å². The molecule has 1 aromatic carbocycles. The van der Waals surface area contributed by atoms with Crippen LogP contribution < -0.4 is 5.73 Å². The van der Waals surface area contributed by atoms with Crippen molar-refractivity contribution < 1.29 is 22.0 Å². The van der Waals surface area contributed by atoms with Crippen LogP contribution in [0.1, 0.15) is 11.4 Å². The highest BCUT2D eigenvalue weighted by Crippen LogP contribution is 2.33.